The van der Waals surface area contributed by atoms with Crippen LogP contribution in [-0.4, -0.2) is 0 Å². The molecule has 3 rings (SSSR count). The second kappa shape index (κ2) is 19.1. The number of benzene rings is 1. The summed E-state index contributed by atoms with van der Waals surface area (Å²) in [6.45, 7) is 2.30. The van der Waals surface area contributed by atoms with Crippen LogP contribution < -0.4 is 0 Å². The first kappa shape index (κ1) is 30.6. The average molecular weight is 510 g/mol. The molecule has 1 heteroatoms. The van der Waals surface area contributed by atoms with Gasteiger partial charge in [0.1, 0.15) is 0 Å². The summed E-state index contributed by atoms with van der Waals surface area (Å²) >= 11 is 0. The predicted octanol–water partition coefficient (Wildman–Crippen LogP) is 12.7. The molecule has 1 aromatic rings. The summed E-state index contributed by atoms with van der Waals surface area (Å²) in [6.07, 6.45) is 36.9. The Hall–Kier alpha value is -0.980. The lowest BCUT2D eigenvalue weighted by atomic mass is 9.78. The van der Waals surface area contributed by atoms with Gasteiger partial charge in [0, 0.05) is 11.1 Å². The van der Waals surface area contributed by atoms with Crippen LogP contribution in [0.25, 0.3) is 0 Å². The van der Waals surface area contributed by atoms with Crippen molar-refractivity contribution in [1.82, 2.24) is 0 Å². The van der Waals surface area contributed by atoms with Gasteiger partial charge in [-0.05, 0) is 55.9 Å². The van der Waals surface area contributed by atoms with Crippen molar-refractivity contribution in [2.24, 2.45) is 0 Å². The van der Waals surface area contributed by atoms with Crippen molar-refractivity contribution in [3.05, 3.63) is 28.8 Å². The third-order valence-corrected chi connectivity index (χ3v) is 9.62. The summed E-state index contributed by atoms with van der Waals surface area (Å²) in [5.41, 5.74) is 3.88. The van der Waals surface area contributed by atoms with Gasteiger partial charge in [0.05, 0.1) is 0 Å². The second-order valence-corrected chi connectivity index (χ2v) is 12.8. The van der Waals surface area contributed by atoms with E-state index in [0.29, 0.717) is 17.6 Å². The fourth-order valence-corrected chi connectivity index (χ4v) is 7.19. The molecular weight excluding hydrogens is 448 g/mol. The minimum atomic E-state index is 0.439. The van der Waals surface area contributed by atoms with Crippen molar-refractivity contribution in [3.8, 4) is 5.75 Å². The van der Waals surface area contributed by atoms with Gasteiger partial charge in [-0.2, -0.15) is 0 Å². The van der Waals surface area contributed by atoms with Crippen LogP contribution in [0.15, 0.2) is 12.1 Å². The van der Waals surface area contributed by atoms with Crippen LogP contribution in [0.3, 0.4) is 0 Å². The second-order valence-electron chi connectivity index (χ2n) is 12.8. The van der Waals surface area contributed by atoms with E-state index in [-0.39, 0.29) is 0 Å². The summed E-state index contributed by atoms with van der Waals surface area (Å²) in [5.74, 6) is 1.51. The Morgan fingerprint density at radius 2 is 0.865 bits per heavy atom. The van der Waals surface area contributed by atoms with Gasteiger partial charge < -0.3 is 0 Å². The number of hydrogen-bond donors (Lipinski definition) is 0. The zero-order valence-electron chi connectivity index (χ0n) is 24.8. The minimum absolute atomic E-state index is 0.439. The van der Waals surface area contributed by atoms with Gasteiger partial charge in [-0.25, -0.2) is 0 Å². The van der Waals surface area contributed by atoms with E-state index in [1.54, 1.807) is 0 Å². The van der Waals surface area contributed by atoms with Crippen molar-refractivity contribution in [2.75, 3.05) is 0 Å². The Bertz CT molecular complexity index is 656. The molecule has 0 spiro atoms. The van der Waals surface area contributed by atoms with Gasteiger partial charge in [0.25, 0.3) is 0 Å². The van der Waals surface area contributed by atoms with Gasteiger partial charge in [-0.3, -0.25) is 5.11 Å². The molecule has 0 N–H and O–H groups in total. The van der Waals surface area contributed by atoms with Gasteiger partial charge in [-0.1, -0.05) is 154 Å². The van der Waals surface area contributed by atoms with Crippen LogP contribution in [0, 0.1) is 0 Å². The highest BCUT2D eigenvalue weighted by Crippen LogP contribution is 2.45. The first-order chi connectivity index (χ1) is 18.3. The smallest absolute Gasteiger partial charge is 0.185 e. The maximum Gasteiger partial charge on any atom is 0.185 e. The van der Waals surface area contributed by atoms with Crippen molar-refractivity contribution < 1.29 is 5.11 Å². The van der Waals surface area contributed by atoms with Crippen LogP contribution in [0.5, 0.6) is 5.75 Å². The Labute approximate surface area is 231 Å². The van der Waals surface area contributed by atoms with E-state index in [2.05, 4.69) is 19.1 Å². The van der Waals surface area contributed by atoms with E-state index in [4.69, 9.17) is 0 Å². The summed E-state index contributed by atoms with van der Waals surface area (Å²) in [6, 6.07) is 4.71. The van der Waals surface area contributed by atoms with E-state index in [9.17, 15) is 5.11 Å². The largest absolute Gasteiger partial charge is 0.289 e. The highest BCUT2D eigenvalue weighted by atomic mass is 16.3. The monoisotopic (exact) mass is 509 g/mol. The quantitative estimate of drug-likeness (QED) is 0.165. The molecule has 0 saturated heterocycles. The highest BCUT2D eigenvalue weighted by molar-refractivity contribution is 5.47. The molecule has 1 nitrogen and oxygen atoms in total. The van der Waals surface area contributed by atoms with E-state index < -0.39 is 0 Å². The minimum Gasteiger partial charge on any atom is -0.289 e. The maximum absolute atomic E-state index is 13.5. The Morgan fingerprint density at radius 1 is 0.514 bits per heavy atom. The van der Waals surface area contributed by atoms with Crippen molar-refractivity contribution in [3.63, 3.8) is 0 Å². The first-order valence-corrected chi connectivity index (χ1v) is 17.1. The van der Waals surface area contributed by atoms with E-state index in [1.807, 2.05) is 0 Å². The standard InChI is InChI=1S/C36H61O/c1-2-3-4-5-6-7-8-9-10-11-12-13-14-15-16-19-24-31-29-34(32-25-20-17-21-26-32)36(37)35(30-31)33-27-22-18-23-28-33/h29-30,32-33H,2-28H2,1H3. The Kier molecular flexibility index (Phi) is 15.8. The predicted molar refractivity (Wildman–Crippen MR) is 161 cm³/mol. The molecule has 2 saturated carbocycles. The molecule has 1 radical (unpaired) electrons. The Balaban J connectivity index is 1.30. The lowest BCUT2D eigenvalue weighted by molar-refractivity contribution is 0.323. The summed E-state index contributed by atoms with van der Waals surface area (Å²) in [7, 11) is 0. The van der Waals surface area contributed by atoms with Gasteiger partial charge in [0.15, 0.2) is 5.75 Å². The van der Waals surface area contributed by atoms with Crippen molar-refractivity contribution in [1.29, 1.82) is 0 Å². The van der Waals surface area contributed by atoms with Crippen LogP contribution in [-0.2, 0) is 11.5 Å². The normalized spacial score (nSPS) is 17.4. The molecule has 2 aliphatic rings. The molecule has 37 heavy (non-hydrogen) atoms. The molecule has 0 aliphatic heterocycles. The Morgan fingerprint density at radius 3 is 1.24 bits per heavy atom. The van der Waals surface area contributed by atoms with Crippen LogP contribution in [0.1, 0.15) is 202 Å². The van der Waals surface area contributed by atoms with E-state index in [0.717, 1.165) is 0 Å². The van der Waals surface area contributed by atoms with Gasteiger partial charge >= 0.3 is 0 Å². The molecule has 0 bridgehead atoms. The molecule has 1 aromatic carbocycles. The third-order valence-electron chi connectivity index (χ3n) is 9.62. The third kappa shape index (κ3) is 11.7. The van der Waals surface area contributed by atoms with Crippen LogP contribution >= 0.6 is 0 Å². The number of rotatable bonds is 19. The molecule has 2 fully saturated rings. The molecule has 0 aromatic heterocycles. The fourth-order valence-electron chi connectivity index (χ4n) is 7.19. The summed E-state index contributed by atoms with van der Waals surface area (Å²) in [5, 5.41) is 13.5. The van der Waals surface area contributed by atoms with Crippen molar-refractivity contribution in [2.45, 2.75) is 192 Å². The molecule has 0 heterocycles. The molecule has 0 atom stereocenters. The van der Waals surface area contributed by atoms with Gasteiger partial charge in [0.2, 0.25) is 0 Å². The maximum atomic E-state index is 13.5. The molecule has 0 amide bonds. The zero-order valence-corrected chi connectivity index (χ0v) is 24.8. The lowest BCUT2D eigenvalue weighted by Crippen LogP contribution is -2.10. The molecule has 2 aliphatic carbocycles. The summed E-state index contributed by atoms with van der Waals surface area (Å²) in [4.78, 5) is 0. The van der Waals surface area contributed by atoms with E-state index >= 15 is 0 Å². The SMILES string of the molecule is CCCCCCCCCCCCCCCCCCc1cc(C2CCCCC2)c([O])c(C2CCCCC2)c1. The van der Waals surface area contributed by atoms with Crippen LogP contribution in [0.2, 0.25) is 0 Å². The zero-order chi connectivity index (χ0) is 26.0. The van der Waals surface area contributed by atoms with Crippen LogP contribution in [0.4, 0.5) is 0 Å². The number of hydrogen-bond acceptors (Lipinski definition) is 0. The van der Waals surface area contributed by atoms with E-state index in [1.165, 1.54) is 190 Å². The molecular formula is C36H61O. The molecule has 211 valence electrons. The lowest BCUT2D eigenvalue weighted by Gasteiger charge is -2.27. The number of unbranched alkanes of at least 4 members (excludes halogenated alkanes) is 15. The summed E-state index contributed by atoms with van der Waals surface area (Å²) < 4.78 is 0. The fraction of sp³-hybridized carbons (Fsp3) is 0.833. The first-order valence-electron chi connectivity index (χ1n) is 17.1. The average Bonchev–Trinajstić information content (AvgIpc) is 2.94. The van der Waals surface area contributed by atoms with Gasteiger partial charge in [-0.15, -0.1) is 0 Å². The highest BCUT2D eigenvalue weighted by Gasteiger charge is 2.26. The number of aryl methyl sites for hydroxylation is 1. The van der Waals surface area contributed by atoms with Crippen molar-refractivity contribution >= 4 is 0 Å². The molecule has 0 unspecified atom stereocenters. The topological polar surface area (TPSA) is 19.9 Å².